The minimum absolute atomic E-state index is 0.143. The second-order valence-corrected chi connectivity index (χ2v) is 6.08. The van der Waals surface area contributed by atoms with Crippen LogP contribution in [0.25, 0.3) is 0 Å². The van der Waals surface area contributed by atoms with Crippen LogP contribution in [0.1, 0.15) is 44.6 Å². The van der Waals surface area contributed by atoms with Gasteiger partial charge in [-0.15, -0.1) is 0 Å². The highest BCUT2D eigenvalue weighted by molar-refractivity contribution is 6.30. The van der Waals surface area contributed by atoms with Crippen LogP contribution in [0, 0.1) is 28.5 Å². The van der Waals surface area contributed by atoms with Gasteiger partial charge < -0.3 is 0 Å². The maximum absolute atomic E-state index is 13.5. The van der Waals surface area contributed by atoms with Gasteiger partial charge in [0.15, 0.2) is 0 Å². The molecule has 1 aliphatic carbocycles. The molecule has 0 aliphatic heterocycles. The van der Waals surface area contributed by atoms with Gasteiger partial charge in [-0.2, -0.15) is 5.26 Å². The third kappa shape index (κ3) is 3.28. The van der Waals surface area contributed by atoms with E-state index in [0.717, 1.165) is 37.2 Å². The van der Waals surface area contributed by atoms with Gasteiger partial charge in [0.25, 0.3) is 0 Å². The standard InChI is InChI=1S/C16H19ClFN/c1-2-12-5-7-16(11-19,8-6-12)10-13-3-4-14(17)15(18)9-13/h3-4,9,12H,2,5-8,10H2,1H3. The summed E-state index contributed by atoms with van der Waals surface area (Å²) in [5.74, 6) is 0.359. The van der Waals surface area contributed by atoms with E-state index >= 15 is 0 Å². The highest BCUT2D eigenvalue weighted by atomic mass is 35.5. The van der Waals surface area contributed by atoms with Crippen molar-refractivity contribution in [3.63, 3.8) is 0 Å². The van der Waals surface area contributed by atoms with Crippen LogP contribution in [0.2, 0.25) is 5.02 Å². The fraction of sp³-hybridized carbons (Fsp3) is 0.562. The monoisotopic (exact) mass is 279 g/mol. The van der Waals surface area contributed by atoms with E-state index in [4.69, 9.17) is 11.6 Å². The molecule has 0 spiro atoms. The fourth-order valence-corrected chi connectivity index (χ4v) is 3.12. The minimum atomic E-state index is -0.394. The molecule has 0 N–H and O–H groups in total. The first-order valence-corrected chi connectivity index (χ1v) is 7.31. The zero-order chi connectivity index (χ0) is 13.9. The molecule has 1 nitrogen and oxygen atoms in total. The zero-order valence-electron chi connectivity index (χ0n) is 11.3. The van der Waals surface area contributed by atoms with Crippen LogP contribution in [0.4, 0.5) is 4.39 Å². The Morgan fingerprint density at radius 2 is 2.11 bits per heavy atom. The Balaban J connectivity index is 2.11. The van der Waals surface area contributed by atoms with Gasteiger partial charge in [0.05, 0.1) is 16.5 Å². The van der Waals surface area contributed by atoms with Gasteiger partial charge in [0.2, 0.25) is 0 Å². The molecule has 19 heavy (non-hydrogen) atoms. The normalized spacial score (nSPS) is 26.9. The highest BCUT2D eigenvalue weighted by Gasteiger charge is 2.35. The van der Waals surface area contributed by atoms with Gasteiger partial charge in [-0.1, -0.05) is 31.0 Å². The van der Waals surface area contributed by atoms with Crippen molar-refractivity contribution in [2.75, 3.05) is 0 Å². The predicted octanol–water partition coefficient (Wildman–Crippen LogP) is 5.13. The second kappa shape index (κ2) is 5.92. The summed E-state index contributed by atoms with van der Waals surface area (Å²) in [6, 6.07) is 7.36. The van der Waals surface area contributed by atoms with E-state index < -0.39 is 5.82 Å². The molecule has 1 aromatic carbocycles. The van der Waals surface area contributed by atoms with Crippen LogP contribution >= 0.6 is 11.6 Å². The summed E-state index contributed by atoms with van der Waals surface area (Å²) < 4.78 is 13.5. The van der Waals surface area contributed by atoms with Crippen molar-refractivity contribution in [2.45, 2.75) is 45.4 Å². The second-order valence-electron chi connectivity index (χ2n) is 5.67. The molecule has 0 amide bonds. The number of nitrogens with zero attached hydrogens (tertiary/aromatic N) is 1. The summed E-state index contributed by atoms with van der Waals surface area (Å²) >= 11 is 5.69. The van der Waals surface area contributed by atoms with E-state index in [1.165, 1.54) is 12.5 Å². The van der Waals surface area contributed by atoms with E-state index in [2.05, 4.69) is 13.0 Å². The van der Waals surface area contributed by atoms with Gasteiger partial charge in [-0.05, 0) is 55.7 Å². The number of rotatable bonds is 3. The van der Waals surface area contributed by atoms with Crippen LogP contribution < -0.4 is 0 Å². The summed E-state index contributed by atoms with van der Waals surface area (Å²) in [5.41, 5.74) is 0.560. The summed E-state index contributed by atoms with van der Waals surface area (Å²) in [6.45, 7) is 2.21. The third-order valence-electron chi connectivity index (χ3n) is 4.40. The molecular formula is C16H19ClFN. The van der Waals surface area contributed by atoms with E-state index in [1.54, 1.807) is 6.07 Å². The zero-order valence-corrected chi connectivity index (χ0v) is 12.0. The maximum Gasteiger partial charge on any atom is 0.142 e. The molecule has 0 aromatic heterocycles. The Kier molecular flexibility index (Phi) is 4.47. The van der Waals surface area contributed by atoms with Crippen molar-refractivity contribution in [2.24, 2.45) is 11.3 Å². The van der Waals surface area contributed by atoms with Crippen molar-refractivity contribution in [3.8, 4) is 6.07 Å². The van der Waals surface area contributed by atoms with E-state index in [1.807, 2.05) is 6.07 Å². The lowest BCUT2D eigenvalue weighted by atomic mass is 9.68. The number of halogens is 2. The predicted molar refractivity (Wildman–Crippen MR) is 75.4 cm³/mol. The molecule has 0 radical (unpaired) electrons. The first-order chi connectivity index (χ1) is 9.08. The third-order valence-corrected chi connectivity index (χ3v) is 4.71. The van der Waals surface area contributed by atoms with Crippen LogP contribution in [-0.4, -0.2) is 0 Å². The quantitative estimate of drug-likeness (QED) is 0.752. The van der Waals surface area contributed by atoms with Gasteiger partial charge in [0.1, 0.15) is 5.82 Å². The van der Waals surface area contributed by atoms with Crippen molar-refractivity contribution in [3.05, 3.63) is 34.6 Å². The highest BCUT2D eigenvalue weighted by Crippen LogP contribution is 2.42. The van der Waals surface area contributed by atoms with Crippen LogP contribution in [0.15, 0.2) is 18.2 Å². The number of hydrogen-bond acceptors (Lipinski definition) is 1. The Bertz CT molecular complexity index is 484. The molecule has 102 valence electrons. The first-order valence-electron chi connectivity index (χ1n) is 6.94. The largest absolute Gasteiger partial charge is 0.205 e. The Morgan fingerprint density at radius 3 is 2.63 bits per heavy atom. The molecule has 0 bridgehead atoms. The van der Waals surface area contributed by atoms with E-state index in [0.29, 0.717) is 6.42 Å². The van der Waals surface area contributed by atoms with Crippen LogP contribution in [0.5, 0.6) is 0 Å². The molecule has 1 saturated carbocycles. The smallest absolute Gasteiger partial charge is 0.142 e. The average molecular weight is 280 g/mol. The van der Waals surface area contributed by atoms with Gasteiger partial charge in [-0.3, -0.25) is 0 Å². The summed E-state index contributed by atoms with van der Waals surface area (Å²) in [4.78, 5) is 0. The van der Waals surface area contributed by atoms with E-state index in [9.17, 15) is 9.65 Å². The Labute approximate surface area is 119 Å². The summed E-state index contributed by atoms with van der Waals surface area (Å²) in [6.07, 6.45) is 5.89. The number of nitriles is 1. The fourth-order valence-electron chi connectivity index (χ4n) is 3.01. The van der Waals surface area contributed by atoms with Crippen LogP contribution in [-0.2, 0) is 6.42 Å². The number of benzene rings is 1. The molecule has 2 rings (SSSR count). The summed E-state index contributed by atoms with van der Waals surface area (Å²) in [7, 11) is 0. The molecule has 0 saturated heterocycles. The first kappa shape index (κ1) is 14.3. The Morgan fingerprint density at radius 1 is 1.42 bits per heavy atom. The van der Waals surface area contributed by atoms with Gasteiger partial charge >= 0.3 is 0 Å². The Hall–Kier alpha value is -1.07. The van der Waals surface area contributed by atoms with Crippen LogP contribution in [0.3, 0.4) is 0 Å². The topological polar surface area (TPSA) is 23.8 Å². The summed E-state index contributed by atoms with van der Waals surface area (Å²) in [5, 5.41) is 9.66. The maximum atomic E-state index is 13.5. The average Bonchev–Trinajstić information content (AvgIpc) is 2.44. The minimum Gasteiger partial charge on any atom is -0.205 e. The molecule has 0 unspecified atom stereocenters. The van der Waals surface area contributed by atoms with Crippen molar-refractivity contribution >= 4 is 11.6 Å². The van der Waals surface area contributed by atoms with Gasteiger partial charge in [0, 0.05) is 0 Å². The van der Waals surface area contributed by atoms with E-state index in [-0.39, 0.29) is 10.4 Å². The molecule has 1 aliphatic rings. The lowest BCUT2D eigenvalue weighted by Crippen LogP contribution is -2.28. The molecule has 3 heteroatoms. The van der Waals surface area contributed by atoms with Crippen molar-refractivity contribution in [1.82, 2.24) is 0 Å². The van der Waals surface area contributed by atoms with Crippen molar-refractivity contribution < 1.29 is 4.39 Å². The van der Waals surface area contributed by atoms with Gasteiger partial charge in [-0.25, -0.2) is 4.39 Å². The molecule has 1 aromatic rings. The lowest BCUT2D eigenvalue weighted by Gasteiger charge is -2.34. The lowest BCUT2D eigenvalue weighted by molar-refractivity contribution is 0.205. The number of hydrogen-bond donors (Lipinski definition) is 0. The van der Waals surface area contributed by atoms with Crippen molar-refractivity contribution in [1.29, 1.82) is 5.26 Å². The molecule has 0 atom stereocenters. The SMILES string of the molecule is CCC1CCC(C#N)(Cc2ccc(Cl)c(F)c2)CC1. The molecular weight excluding hydrogens is 261 g/mol. The molecule has 1 fully saturated rings. The molecule has 0 heterocycles.